The summed E-state index contributed by atoms with van der Waals surface area (Å²) < 4.78 is 6.39. The van der Waals surface area contributed by atoms with Gasteiger partial charge in [-0.25, -0.2) is 0 Å². The summed E-state index contributed by atoms with van der Waals surface area (Å²) >= 11 is 3.40. The van der Waals surface area contributed by atoms with Crippen molar-refractivity contribution in [3.8, 4) is 0 Å². The van der Waals surface area contributed by atoms with Crippen LogP contribution < -0.4 is 10.6 Å². The summed E-state index contributed by atoms with van der Waals surface area (Å²) in [5.41, 5.74) is 8.22. The van der Waals surface area contributed by atoms with E-state index in [-0.39, 0.29) is 11.9 Å². The Morgan fingerprint density at radius 1 is 1.50 bits per heavy atom. The lowest BCUT2D eigenvalue weighted by molar-refractivity contribution is 0.0827. The molecule has 0 amide bonds. The molecule has 0 saturated carbocycles. The first-order valence-corrected chi connectivity index (χ1v) is 7.05. The molecule has 0 bridgehead atoms. The van der Waals surface area contributed by atoms with Crippen molar-refractivity contribution in [2.24, 2.45) is 5.73 Å². The first-order chi connectivity index (χ1) is 9.65. The lowest BCUT2D eigenvalue weighted by Gasteiger charge is -2.34. The van der Waals surface area contributed by atoms with Gasteiger partial charge in [0.1, 0.15) is 17.5 Å². The van der Waals surface area contributed by atoms with E-state index in [4.69, 9.17) is 15.9 Å². The third-order valence-corrected chi connectivity index (χ3v) is 3.71. The monoisotopic (exact) mass is 335 g/mol. The van der Waals surface area contributed by atoms with Crippen molar-refractivity contribution >= 4 is 38.5 Å². The number of anilines is 1. The molecule has 3 heterocycles. The average Bonchev–Trinajstić information content (AvgIpc) is 2.46. The van der Waals surface area contributed by atoms with Crippen molar-refractivity contribution < 1.29 is 4.74 Å². The van der Waals surface area contributed by atoms with Gasteiger partial charge in [0.05, 0.1) is 24.4 Å². The van der Waals surface area contributed by atoms with Crippen LogP contribution >= 0.6 is 15.9 Å². The van der Waals surface area contributed by atoms with Gasteiger partial charge in [-0.2, -0.15) is 0 Å². The molecule has 3 rings (SSSR count). The molecule has 2 aromatic heterocycles. The SMILES string of the molecule is N=C(N)C1CN(c2ccnc3cc(Br)cnc23)CCO1. The smallest absolute Gasteiger partial charge is 0.131 e. The zero-order chi connectivity index (χ0) is 14.1. The fourth-order valence-electron chi connectivity index (χ4n) is 2.30. The second-order valence-corrected chi connectivity index (χ2v) is 5.53. The first-order valence-electron chi connectivity index (χ1n) is 6.26. The van der Waals surface area contributed by atoms with Gasteiger partial charge in [0, 0.05) is 23.4 Å². The van der Waals surface area contributed by atoms with Crippen LogP contribution in [0.2, 0.25) is 0 Å². The summed E-state index contributed by atoms with van der Waals surface area (Å²) in [5, 5.41) is 7.52. The van der Waals surface area contributed by atoms with Gasteiger partial charge in [-0.1, -0.05) is 0 Å². The number of hydrogen-bond donors (Lipinski definition) is 2. The quantitative estimate of drug-likeness (QED) is 0.641. The van der Waals surface area contributed by atoms with Crippen LogP contribution in [-0.2, 0) is 4.74 Å². The van der Waals surface area contributed by atoms with E-state index in [2.05, 4.69) is 30.8 Å². The van der Waals surface area contributed by atoms with Crippen LogP contribution in [0.1, 0.15) is 0 Å². The number of pyridine rings is 2. The molecule has 7 heteroatoms. The molecule has 0 aromatic carbocycles. The number of nitrogens with two attached hydrogens (primary N) is 1. The van der Waals surface area contributed by atoms with Crippen molar-refractivity contribution in [2.45, 2.75) is 6.10 Å². The number of fused-ring (bicyclic) bond motifs is 1. The number of amidine groups is 1. The molecule has 1 fully saturated rings. The number of morpholine rings is 1. The molecule has 1 saturated heterocycles. The second kappa shape index (κ2) is 5.34. The van der Waals surface area contributed by atoms with Gasteiger partial charge in [-0.3, -0.25) is 15.4 Å². The molecular weight excluding hydrogens is 322 g/mol. The molecule has 1 aliphatic rings. The Kier molecular flexibility index (Phi) is 3.54. The predicted octanol–water partition coefficient (Wildman–Crippen LogP) is 1.53. The number of aromatic nitrogens is 2. The lowest BCUT2D eigenvalue weighted by Crippen LogP contribution is -2.48. The molecule has 104 valence electrons. The number of rotatable bonds is 2. The van der Waals surface area contributed by atoms with Gasteiger partial charge in [0.2, 0.25) is 0 Å². The fourth-order valence-corrected chi connectivity index (χ4v) is 2.62. The molecule has 6 nitrogen and oxygen atoms in total. The largest absolute Gasteiger partial charge is 0.385 e. The van der Waals surface area contributed by atoms with E-state index < -0.39 is 0 Å². The molecular formula is C13H14BrN5O. The van der Waals surface area contributed by atoms with Gasteiger partial charge < -0.3 is 15.4 Å². The summed E-state index contributed by atoms with van der Waals surface area (Å²) in [6, 6.07) is 3.88. The van der Waals surface area contributed by atoms with Gasteiger partial charge >= 0.3 is 0 Å². The minimum Gasteiger partial charge on any atom is -0.385 e. The third kappa shape index (κ3) is 2.46. The summed E-state index contributed by atoms with van der Waals surface area (Å²) in [6.45, 7) is 1.86. The summed E-state index contributed by atoms with van der Waals surface area (Å²) in [5.74, 6) is 0.0590. The third-order valence-electron chi connectivity index (χ3n) is 3.28. The van der Waals surface area contributed by atoms with Crippen LogP contribution in [0.5, 0.6) is 0 Å². The molecule has 3 N–H and O–H groups in total. The Labute approximate surface area is 124 Å². The van der Waals surface area contributed by atoms with Crippen LogP contribution in [-0.4, -0.2) is 41.6 Å². The highest BCUT2D eigenvalue weighted by molar-refractivity contribution is 9.10. The van der Waals surface area contributed by atoms with Crippen molar-refractivity contribution in [2.75, 3.05) is 24.6 Å². The van der Waals surface area contributed by atoms with Gasteiger partial charge in [-0.15, -0.1) is 0 Å². The van der Waals surface area contributed by atoms with Crippen LogP contribution in [0.25, 0.3) is 11.0 Å². The zero-order valence-electron chi connectivity index (χ0n) is 10.7. The van der Waals surface area contributed by atoms with Crippen molar-refractivity contribution in [3.63, 3.8) is 0 Å². The zero-order valence-corrected chi connectivity index (χ0v) is 12.3. The maximum atomic E-state index is 7.52. The fraction of sp³-hybridized carbons (Fsp3) is 0.308. The molecule has 20 heavy (non-hydrogen) atoms. The number of ether oxygens (including phenoxy) is 1. The lowest BCUT2D eigenvalue weighted by atomic mass is 10.2. The highest BCUT2D eigenvalue weighted by Gasteiger charge is 2.24. The van der Waals surface area contributed by atoms with Crippen molar-refractivity contribution in [1.29, 1.82) is 5.41 Å². The Morgan fingerprint density at radius 2 is 2.35 bits per heavy atom. The van der Waals surface area contributed by atoms with E-state index in [1.54, 1.807) is 12.4 Å². The summed E-state index contributed by atoms with van der Waals surface area (Å²) in [7, 11) is 0. The van der Waals surface area contributed by atoms with E-state index in [9.17, 15) is 0 Å². The number of hydrogen-bond acceptors (Lipinski definition) is 5. The molecule has 2 aromatic rings. The first kappa shape index (κ1) is 13.3. The average molecular weight is 336 g/mol. The van der Waals surface area contributed by atoms with Gasteiger partial charge in [-0.05, 0) is 28.1 Å². The standard InChI is InChI=1S/C13H14BrN5O/c14-8-5-9-12(18-6-8)10(1-2-17-9)19-3-4-20-11(7-19)13(15)16/h1-2,5-6,11H,3-4,7H2,(H3,15,16). The Balaban J connectivity index is 1.99. The maximum absolute atomic E-state index is 7.52. The van der Waals surface area contributed by atoms with Crippen LogP contribution in [0.3, 0.4) is 0 Å². The predicted molar refractivity (Wildman–Crippen MR) is 81.1 cm³/mol. The summed E-state index contributed by atoms with van der Waals surface area (Å²) in [6.07, 6.45) is 3.17. The number of nitrogens with zero attached hydrogens (tertiary/aromatic N) is 3. The molecule has 0 spiro atoms. The van der Waals surface area contributed by atoms with Crippen LogP contribution in [0, 0.1) is 5.41 Å². The van der Waals surface area contributed by atoms with E-state index in [0.29, 0.717) is 13.2 Å². The minimum atomic E-state index is -0.359. The highest BCUT2D eigenvalue weighted by Crippen LogP contribution is 2.26. The van der Waals surface area contributed by atoms with E-state index in [0.717, 1.165) is 27.7 Å². The normalized spacial score (nSPS) is 19.2. The van der Waals surface area contributed by atoms with Crippen molar-refractivity contribution in [3.05, 3.63) is 29.0 Å². The topological polar surface area (TPSA) is 88.1 Å². The van der Waals surface area contributed by atoms with Crippen molar-refractivity contribution in [1.82, 2.24) is 9.97 Å². The molecule has 1 unspecified atom stereocenters. The Bertz CT molecular complexity index is 662. The number of halogens is 1. The van der Waals surface area contributed by atoms with E-state index >= 15 is 0 Å². The van der Waals surface area contributed by atoms with Crippen LogP contribution in [0.15, 0.2) is 29.0 Å². The van der Waals surface area contributed by atoms with E-state index in [1.165, 1.54) is 0 Å². The van der Waals surface area contributed by atoms with E-state index in [1.807, 2.05) is 12.1 Å². The Morgan fingerprint density at radius 3 is 3.15 bits per heavy atom. The molecule has 0 aliphatic carbocycles. The molecule has 1 aliphatic heterocycles. The van der Waals surface area contributed by atoms with Gasteiger partial charge in [0.25, 0.3) is 0 Å². The Hall–Kier alpha value is -1.73. The second-order valence-electron chi connectivity index (χ2n) is 4.61. The molecule has 0 radical (unpaired) electrons. The number of nitrogens with one attached hydrogen (secondary N) is 1. The molecule has 1 atom stereocenters. The minimum absolute atomic E-state index is 0.0590. The van der Waals surface area contributed by atoms with Crippen LogP contribution in [0.4, 0.5) is 5.69 Å². The summed E-state index contributed by atoms with van der Waals surface area (Å²) in [4.78, 5) is 10.9. The maximum Gasteiger partial charge on any atom is 0.131 e. The van der Waals surface area contributed by atoms with Gasteiger partial charge in [0.15, 0.2) is 0 Å². The highest BCUT2D eigenvalue weighted by atomic mass is 79.9.